The summed E-state index contributed by atoms with van der Waals surface area (Å²) in [5.74, 6) is -1.37. The maximum absolute atomic E-state index is 12.6. The molecule has 1 aromatic heterocycles. The molecule has 0 bridgehead atoms. The predicted octanol–water partition coefficient (Wildman–Crippen LogP) is 2.83. The smallest absolute Gasteiger partial charge is 0.420 e. The van der Waals surface area contributed by atoms with Crippen LogP contribution in [0.5, 0.6) is 0 Å². The van der Waals surface area contributed by atoms with Crippen molar-refractivity contribution in [2.24, 2.45) is 0 Å². The molecule has 3 rings (SSSR count). The number of rotatable bonds is 4. The highest BCUT2D eigenvalue weighted by atomic mass is 16.5. The Morgan fingerprint density at radius 2 is 1.79 bits per heavy atom. The molecule has 0 saturated heterocycles. The van der Waals surface area contributed by atoms with Gasteiger partial charge in [-0.15, -0.1) is 0 Å². The lowest BCUT2D eigenvalue weighted by Gasteiger charge is -2.11. The van der Waals surface area contributed by atoms with E-state index >= 15 is 0 Å². The first-order valence-electron chi connectivity index (χ1n) is 7.35. The van der Waals surface area contributed by atoms with Crippen molar-refractivity contribution in [3.05, 3.63) is 70.2 Å². The first-order chi connectivity index (χ1) is 11.5. The number of methoxy groups -OCH3 is 1. The molecule has 6 heteroatoms. The standard InChI is InChI=1S/C18H15NO5/c1-11(16(20)12-6-4-3-5-7-12)19-14-9-8-13(17(21)23-2)10-15(14)24-18(19)22/h3-11H,1-2H3. The quantitative estimate of drug-likeness (QED) is 0.544. The minimum atomic E-state index is -0.731. The van der Waals surface area contributed by atoms with E-state index in [0.717, 1.165) is 0 Å². The van der Waals surface area contributed by atoms with Crippen LogP contribution in [0.15, 0.2) is 57.7 Å². The number of ketones is 1. The van der Waals surface area contributed by atoms with Crippen LogP contribution in [-0.4, -0.2) is 23.4 Å². The van der Waals surface area contributed by atoms with Gasteiger partial charge in [-0.3, -0.25) is 9.36 Å². The third kappa shape index (κ3) is 2.62. The summed E-state index contributed by atoms with van der Waals surface area (Å²) in [4.78, 5) is 36.4. The molecule has 0 saturated carbocycles. The summed E-state index contributed by atoms with van der Waals surface area (Å²) >= 11 is 0. The highest BCUT2D eigenvalue weighted by molar-refractivity contribution is 5.99. The zero-order valence-corrected chi connectivity index (χ0v) is 13.2. The number of Topliss-reactive ketones (excluding diaryl/α,β-unsaturated/α-hetero) is 1. The van der Waals surface area contributed by atoms with Crippen molar-refractivity contribution in [1.29, 1.82) is 0 Å². The van der Waals surface area contributed by atoms with Gasteiger partial charge in [0, 0.05) is 5.56 Å². The van der Waals surface area contributed by atoms with E-state index in [1.807, 2.05) is 6.07 Å². The van der Waals surface area contributed by atoms with E-state index in [2.05, 4.69) is 4.74 Å². The van der Waals surface area contributed by atoms with Crippen molar-refractivity contribution in [2.45, 2.75) is 13.0 Å². The van der Waals surface area contributed by atoms with Crippen LogP contribution >= 0.6 is 0 Å². The number of ether oxygens (including phenoxy) is 1. The summed E-state index contributed by atoms with van der Waals surface area (Å²) in [5.41, 5.74) is 1.46. The summed E-state index contributed by atoms with van der Waals surface area (Å²) < 4.78 is 11.1. The lowest BCUT2D eigenvalue weighted by Crippen LogP contribution is -2.24. The minimum Gasteiger partial charge on any atom is -0.465 e. The molecule has 0 aliphatic heterocycles. The van der Waals surface area contributed by atoms with E-state index in [1.54, 1.807) is 37.3 Å². The van der Waals surface area contributed by atoms with Gasteiger partial charge in [0.2, 0.25) is 0 Å². The molecule has 3 aromatic rings. The molecule has 122 valence electrons. The summed E-state index contributed by atoms with van der Waals surface area (Å²) in [6, 6.07) is 12.5. The Morgan fingerprint density at radius 3 is 2.46 bits per heavy atom. The normalized spacial score (nSPS) is 12.1. The average molecular weight is 325 g/mol. The molecule has 0 radical (unpaired) electrons. The number of carbonyl (C=O) groups is 2. The first kappa shape index (κ1) is 15.7. The minimum absolute atomic E-state index is 0.197. The van der Waals surface area contributed by atoms with Crippen LogP contribution in [-0.2, 0) is 4.74 Å². The molecule has 1 heterocycles. The Hall–Kier alpha value is -3.15. The fraction of sp³-hybridized carbons (Fsp3) is 0.167. The Morgan fingerprint density at radius 1 is 1.08 bits per heavy atom. The van der Waals surface area contributed by atoms with Crippen LogP contribution in [0.2, 0.25) is 0 Å². The van der Waals surface area contributed by atoms with Crippen molar-refractivity contribution in [3.63, 3.8) is 0 Å². The summed E-state index contributed by atoms with van der Waals surface area (Å²) in [6.45, 7) is 1.64. The Balaban J connectivity index is 2.06. The van der Waals surface area contributed by atoms with Crippen molar-refractivity contribution in [3.8, 4) is 0 Å². The van der Waals surface area contributed by atoms with Crippen molar-refractivity contribution in [1.82, 2.24) is 4.57 Å². The highest BCUT2D eigenvalue weighted by Crippen LogP contribution is 2.21. The van der Waals surface area contributed by atoms with Crippen LogP contribution < -0.4 is 5.76 Å². The number of hydrogen-bond acceptors (Lipinski definition) is 5. The molecule has 0 aliphatic rings. The van der Waals surface area contributed by atoms with Gasteiger partial charge in [0.1, 0.15) is 6.04 Å². The molecule has 0 N–H and O–H groups in total. The second-order valence-electron chi connectivity index (χ2n) is 5.32. The van der Waals surface area contributed by atoms with Gasteiger partial charge in [0.05, 0.1) is 18.2 Å². The molecule has 0 spiro atoms. The number of benzene rings is 2. The van der Waals surface area contributed by atoms with Gasteiger partial charge >= 0.3 is 11.7 Å². The monoisotopic (exact) mass is 325 g/mol. The highest BCUT2D eigenvalue weighted by Gasteiger charge is 2.23. The van der Waals surface area contributed by atoms with E-state index in [0.29, 0.717) is 11.1 Å². The largest absolute Gasteiger partial charge is 0.465 e. The lowest BCUT2D eigenvalue weighted by atomic mass is 10.1. The summed E-state index contributed by atoms with van der Waals surface area (Å²) in [7, 11) is 1.27. The van der Waals surface area contributed by atoms with E-state index in [-0.39, 0.29) is 16.9 Å². The maximum Gasteiger partial charge on any atom is 0.420 e. The summed E-state index contributed by atoms with van der Waals surface area (Å²) in [5, 5.41) is 0. The fourth-order valence-electron chi connectivity index (χ4n) is 2.61. The zero-order chi connectivity index (χ0) is 17.3. The third-order valence-electron chi connectivity index (χ3n) is 3.86. The molecule has 6 nitrogen and oxygen atoms in total. The van der Waals surface area contributed by atoms with Gasteiger partial charge in [-0.1, -0.05) is 30.3 Å². The van der Waals surface area contributed by atoms with Crippen LogP contribution in [0.4, 0.5) is 0 Å². The number of carbonyl (C=O) groups excluding carboxylic acids is 2. The molecule has 0 fully saturated rings. The molecular weight excluding hydrogens is 310 g/mol. The molecule has 1 unspecified atom stereocenters. The second kappa shape index (κ2) is 6.16. The Labute approximate surface area is 137 Å². The molecule has 0 aliphatic carbocycles. The van der Waals surface area contributed by atoms with Gasteiger partial charge in [0.25, 0.3) is 0 Å². The summed E-state index contributed by atoms with van der Waals surface area (Å²) in [6.07, 6.45) is 0. The van der Waals surface area contributed by atoms with Gasteiger partial charge in [-0.2, -0.15) is 0 Å². The van der Waals surface area contributed by atoms with Crippen LogP contribution in [0, 0.1) is 0 Å². The number of nitrogens with zero attached hydrogens (tertiary/aromatic N) is 1. The zero-order valence-electron chi connectivity index (χ0n) is 13.2. The van der Waals surface area contributed by atoms with Gasteiger partial charge in [-0.25, -0.2) is 9.59 Å². The van der Waals surface area contributed by atoms with Gasteiger partial charge < -0.3 is 9.15 Å². The van der Waals surface area contributed by atoms with E-state index in [1.165, 1.54) is 23.8 Å². The molecular formula is C18H15NO5. The average Bonchev–Trinajstić information content (AvgIpc) is 2.95. The van der Waals surface area contributed by atoms with Crippen molar-refractivity contribution < 1.29 is 18.7 Å². The van der Waals surface area contributed by atoms with Crippen molar-refractivity contribution >= 4 is 22.9 Å². The molecule has 0 amide bonds. The lowest BCUT2D eigenvalue weighted by molar-refractivity contribution is 0.0600. The van der Waals surface area contributed by atoms with Crippen LogP contribution in [0.3, 0.4) is 0 Å². The number of fused-ring (bicyclic) bond motifs is 1. The number of esters is 1. The van der Waals surface area contributed by atoms with Crippen LogP contribution in [0.1, 0.15) is 33.7 Å². The Bertz CT molecular complexity index is 968. The van der Waals surface area contributed by atoms with Crippen molar-refractivity contribution in [2.75, 3.05) is 7.11 Å². The number of oxazole rings is 1. The molecule has 2 aromatic carbocycles. The van der Waals surface area contributed by atoms with Gasteiger partial charge in [-0.05, 0) is 25.1 Å². The van der Waals surface area contributed by atoms with E-state index in [9.17, 15) is 14.4 Å². The number of hydrogen-bond donors (Lipinski definition) is 0. The molecule has 1 atom stereocenters. The molecule has 24 heavy (non-hydrogen) atoms. The first-order valence-corrected chi connectivity index (χ1v) is 7.35. The van der Waals surface area contributed by atoms with E-state index in [4.69, 9.17) is 4.42 Å². The Kier molecular flexibility index (Phi) is 4.04. The topological polar surface area (TPSA) is 78.5 Å². The van der Waals surface area contributed by atoms with Gasteiger partial charge in [0.15, 0.2) is 11.4 Å². The maximum atomic E-state index is 12.6. The SMILES string of the molecule is COC(=O)c1ccc2c(c1)oc(=O)n2C(C)C(=O)c1ccccc1. The number of aromatic nitrogens is 1. The third-order valence-corrected chi connectivity index (χ3v) is 3.86. The predicted molar refractivity (Wildman–Crippen MR) is 87.3 cm³/mol. The fourth-order valence-corrected chi connectivity index (χ4v) is 2.61. The second-order valence-corrected chi connectivity index (χ2v) is 5.32. The van der Waals surface area contributed by atoms with E-state index < -0.39 is 17.8 Å². The van der Waals surface area contributed by atoms with Crippen LogP contribution in [0.25, 0.3) is 11.1 Å².